The molecular weight excluding hydrogens is 293 g/mol. The van der Waals surface area contributed by atoms with Crippen LogP contribution in [0.2, 0.25) is 0 Å². The van der Waals surface area contributed by atoms with Gasteiger partial charge in [-0.1, -0.05) is 6.58 Å². The lowest BCUT2D eigenvalue weighted by atomic mass is 10.00. The van der Waals surface area contributed by atoms with E-state index in [0.717, 1.165) is 0 Å². The molecule has 4 atom stereocenters. The van der Waals surface area contributed by atoms with E-state index >= 15 is 0 Å². The number of hydrogen-bond acceptors (Lipinski definition) is 6. The zero-order valence-corrected chi connectivity index (χ0v) is 11.6. The van der Waals surface area contributed by atoms with Crippen molar-refractivity contribution in [1.82, 2.24) is 4.90 Å². The number of nitrogens with zero attached hydrogens (tertiary/aromatic N) is 2. The molecule has 19 heavy (non-hydrogen) atoms. The van der Waals surface area contributed by atoms with Gasteiger partial charge in [0.15, 0.2) is 6.23 Å². The number of aliphatic imine (C=N–C) groups is 1. The summed E-state index contributed by atoms with van der Waals surface area (Å²) in [5, 5.41) is 18.7. The van der Waals surface area contributed by atoms with Crippen LogP contribution in [0.15, 0.2) is 29.7 Å². The van der Waals surface area contributed by atoms with Crippen LogP contribution >= 0.6 is 23.2 Å². The summed E-state index contributed by atoms with van der Waals surface area (Å²) in [5.74, 6) is 0.572. The SMILES string of the molecule is C=C1N=C(N)C=CN1[C@@H]1O[C@@](CO)(CCl)[C@@H](O)[C@H]1Cl. The van der Waals surface area contributed by atoms with E-state index in [9.17, 15) is 10.2 Å². The van der Waals surface area contributed by atoms with Crippen LogP contribution in [0.1, 0.15) is 0 Å². The summed E-state index contributed by atoms with van der Waals surface area (Å²) >= 11 is 11.9. The maximum Gasteiger partial charge on any atom is 0.155 e. The summed E-state index contributed by atoms with van der Waals surface area (Å²) in [5.41, 5.74) is 4.25. The first-order chi connectivity index (χ1) is 8.95. The van der Waals surface area contributed by atoms with Gasteiger partial charge in [0.05, 0.1) is 12.5 Å². The number of halogens is 2. The van der Waals surface area contributed by atoms with E-state index < -0.39 is 29.9 Å². The van der Waals surface area contributed by atoms with Crippen molar-refractivity contribution < 1.29 is 14.9 Å². The summed E-state index contributed by atoms with van der Waals surface area (Å²) < 4.78 is 5.66. The zero-order chi connectivity index (χ0) is 14.2. The third-order valence-corrected chi connectivity index (χ3v) is 4.11. The van der Waals surface area contributed by atoms with Crippen molar-refractivity contribution in [2.45, 2.75) is 23.3 Å². The number of nitrogens with two attached hydrogens (primary N) is 1. The average molecular weight is 308 g/mol. The molecule has 0 unspecified atom stereocenters. The van der Waals surface area contributed by atoms with E-state index in [1.807, 2.05) is 0 Å². The Labute approximate surface area is 120 Å². The highest BCUT2D eigenvalue weighted by atomic mass is 35.5. The molecule has 0 spiro atoms. The molecule has 0 aliphatic carbocycles. The molecule has 0 amide bonds. The minimum absolute atomic E-state index is 0.0835. The Morgan fingerprint density at radius 2 is 2.32 bits per heavy atom. The van der Waals surface area contributed by atoms with Gasteiger partial charge in [-0.25, -0.2) is 4.99 Å². The Morgan fingerprint density at radius 1 is 1.63 bits per heavy atom. The molecule has 0 saturated carbocycles. The highest BCUT2D eigenvalue weighted by molar-refractivity contribution is 6.22. The van der Waals surface area contributed by atoms with Crippen molar-refractivity contribution in [3.8, 4) is 0 Å². The molecule has 4 N–H and O–H groups in total. The van der Waals surface area contributed by atoms with E-state index in [1.165, 1.54) is 0 Å². The highest BCUT2D eigenvalue weighted by Gasteiger charge is 2.55. The van der Waals surface area contributed by atoms with Gasteiger partial charge < -0.3 is 25.6 Å². The molecule has 1 fully saturated rings. The fraction of sp³-hybridized carbons (Fsp3) is 0.545. The Morgan fingerprint density at radius 3 is 2.79 bits per heavy atom. The average Bonchev–Trinajstić information content (AvgIpc) is 2.64. The first-order valence-corrected chi connectivity index (χ1v) is 6.58. The Hall–Kier alpha value is -0.790. The smallest absolute Gasteiger partial charge is 0.155 e. The molecule has 1 saturated heterocycles. The number of amidine groups is 1. The first-order valence-electron chi connectivity index (χ1n) is 5.61. The number of aliphatic hydroxyl groups is 2. The summed E-state index contributed by atoms with van der Waals surface area (Å²) in [6.45, 7) is 3.30. The molecule has 0 aromatic rings. The molecule has 0 radical (unpaired) electrons. The monoisotopic (exact) mass is 307 g/mol. The van der Waals surface area contributed by atoms with Crippen LogP contribution in [-0.4, -0.2) is 56.7 Å². The van der Waals surface area contributed by atoms with E-state index in [-0.39, 0.29) is 5.88 Å². The quantitative estimate of drug-likeness (QED) is 0.635. The third kappa shape index (κ3) is 2.34. The normalized spacial score (nSPS) is 38.7. The van der Waals surface area contributed by atoms with Crippen LogP contribution in [0.25, 0.3) is 0 Å². The van der Waals surface area contributed by atoms with Gasteiger partial charge in [0.1, 0.15) is 28.7 Å². The number of hydrogen-bond donors (Lipinski definition) is 3. The van der Waals surface area contributed by atoms with E-state index in [1.54, 1.807) is 17.2 Å². The van der Waals surface area contributed by atoms with Crippen LogP contribution in [0, 0.1) is 0 Å². The second kappa shape index (κ2) is 5.30. The van der Waals surface area contributed by atoms with Crippen LogP contribution in [0.4, 0.5) is 0 Å². The zero-order valence-electron chi connectivity index (χ0n) is 10.0. The van der Waals surface area contributed by atoms with Gasteiger partial charge in [-0.2, -0.15) is 0 Å². The van der Waals surface area contributed by atoms with Crippen LogP contribution < -0.4 is 5.73 Å². The molecule has 0 aromatic heterocycles. The molecule has 2 rings (SSSR count). The Kier molecular flexibility index (Phi) is 4.08. The van der Waals surface area contributed by atoms with E-state index in [2.05, 4.69) is 11.6 Å². The highest BCUT2D eigenvalue weighted by Crippen LogP contribution is 2.38. The Balaban J connectivity index is 2.24. The van der Waals surface area contributed by atoms with Gasteiger partial charge in [-0.05, 0) is 6.08 Å². The van der Waals surface area contributed by atoms with Crippen molar-refractivity contribution in [2.24, 2.45) is 10.7 Å². The van der Waals surface area contributed by atoms with Crippen LogP contribution in [0.3, 0.4) is 0 Å². The molecule has 8 heteroatoms. The van der Waals surface area contributed by atoms with Crippen molar-refractivity contribution in [3.05, 3.63) is 24.7 Å². The van der Waals surface area contributed by atoms with Crippen LogP contribution in [0.5, 0.6) is 0 Å². The summed E-state index contributed by atoms with van der Waals surface area (Å²) in [4.78, 5) is 5.53. The van der Waals surface area contributed by atoms with Crippen molar-refractivity contribution in [2.75, 3.05) is 12.5 Å². The lowest BCUT2D eigenvalue weighted by molar-refractivity contribution is -0.120. The molecule has 2 aliphatic rings. The number of aliphatic hydroxyl groups excluding tert-OH is 2. The molecule has 6 nitrogen and oxygen atoms in total. The van der Waals surface area contributed by atoms with Gasteiger partial charge in [-0.15, -0.1) is 23.2 Å². The predicted molar refractivity (Wildman–Crippen MR) is 72.8 cm³/mol. The molecule has 2 heterocycles. The first kappa shape index (κ1) is 14.6. The van der Waals surface area contributed by atoms with Gasteiger partial charge in [0.25, 0.3) is 0 Å². The van der Waals surface area contributed by atoms with Crippen molar-refractivity contribution in [3.63, 3.8) is 0 Å². The molecule has 0 bridgehead atoms. The minimum atomic E-state index is -1.29. The van der Waals surface area contributed by atoms with Gasteiger partial charge >= 0.3 is 0 Å². The Bertz CT molecular complexity index is 437. The number of ether oxygens (including phenoxy) is 1. The van der Waals surface area contributed by atoms with E-state index in [4.69, 9.17) is 33.7 Å². The maximum absolute atomic E-state index is 10.1. The summed E-state index contributed by atoms with van der Waals surface area (Å²) in [6, 6.07) is 0. The second-order valence-corrected chi connectivity index (χ2v) is 5.20. The van der Waals surface area contributed by atoms with Gasteiger partial charge in [0, 0.05) is 6.20 Å². The third-order valence-electron chi connectivity index (χ3n) is 3.20. The largest absolute Gasteiger partial charge is 0.393 e. The molecule has 2 aliphatic heterocycles. The van der Waals surface area contributed by atoms with Crippen molar-refractivity contribution >= 4 is 29.0 Å². The summed E-state index contributed by atoms with van der Waals surface area (Å²) in [6.07, 6.45) is 1.33. The molecular formula is C11H15Cl2N3O3. The fourth-order valence-corrected chi connectivity index (χ4v) is 2.74. The minimum Gasteiger partial charge on any atom is -0.393 e. The second-order valence-electron chi connectivity index (χ2n) is 4.43. The fourth-order valence-electron chi connectivity index (χ4n) is 2.03. The molecule has 0 aromatic carbocycles. The topological polar surface area (TPSA) is 91.3 Å². The summed E-state index contributed by atoms with van der Waals surface area (Å²) in [7, 11) is 0. The maximum atomic E-state index is 10.1. The lowest BCUT2D eigenvalue weighted by Gasteiger charge is -2.32. The number of rotatable bonds is 3. The van der Waals surface area contributed by atoms with E-state index in [0.29, 0.717) is 11.7 Å². The van der Waals surface area contributed by atoms with Crippen molar-refractivity contribution in [1.29, 1.82) is 0 Å². The lowest BCUT2D eigenvalue weighted by Crippen LogP contribution is -2.47. The molecule has 106 valence electrons. The number of alkyl halides is 2. The standard InChI is InChI=1S/C11H15Cl2N3O3/c1-6-15-7(14)2-3-16(6)10-8(13)9(18)11(4-12,5-17)19-10/h2-3,8-10,17-18H,1,4-5H2,(H2,14,15)/t8-,9+,10-,11-/m1/s1. The van der Waals surface area contributed by atoms with Gasteiger partial charge in [0.2, 0.25) is 0 Å². The van der Waals surface area contributed by atoms with Gasteiger partial charge in [-0.3, -0.25) is 0 Å². The van der Waals surface area contributed by atoms with Crippen LogP contribution in [-0.2, 0) is 4.74 Å². The predicted octanol–water partition coefficient (Wildman–Crippen LogP) is -0.0614.